The normalized spacial score (nSPS) is 13.4. The Morgan fingerprint density at radius 1 is 1.31 bits per heavy atom. The van der Waals surface area contributed by atoms with Crippen molar-refractivity contribution in [1.29, 1.82) is 0 Å². The first-order valence-corrected chi connectivity index (χ1v) is 4.95. The largest absolute Gasteiger partial charge is 0.393 e. The van der Waals surface area contributed by atoms with Crippen LogP contribution >= 0.6 is 11.3 Å². The molecule has 0 fully saturated rings. The van der Waals surface area contributed by atoms with E-state index >= 15 is 0 Å². The van der Waals surface area contributed by atoms with Crippen molar-refractivity contribution < 1.29 is 10.2 Å². The number of aliphatic hydroxyl groups is 2. The van der Waals surface area contributed by atoms with Gasteiger partial charge in [0.15, 0.2) is 0 Å². The predicted molar refractivity (Wildman–Crippen MR) is 53.9 cm³/mol. The molecule has 2 nitrogen and oxygen atoms in total. The Kier molecular flexibility index (Phi) is 2.31. The van der Waals surface area contributed by atoms with Crippen LogP contribution in [0.25, 0.3) is 10.1 Å². The van der Waals surface area contributed by atoms with E-state index in [4.69, 9.17) is 5.11 Å². The zero-order valence-electron chi connectivity index (χ0n) is 6.97. The van der Waals surface area contributed by atoms with Crippen LogP contribution in [-0.2, 0) is 0 Å². The third kappa shape index (κ3) is 1.58. The molecule has 3 heteroatoms. The van der Waals surface area contributed by atoms with Gasteiger partial charge in [-0.15, -0.1) is 11.3 Å². The van der Waals surface area contributed by atoms with E-state index in [0.717, 1.165) is 10.3 Å². The SMILES string of the molecule is OCC(O)c1ccc2ccsc2c1. The van der Waals surface area contributed by atoms with E-state index in [1.54, 1.807) is 11.3 Å². The van der Waals surface area contributed by atoms with Crippen LogP contribution in [0.15, 0.2) is 29.6 Å². The molecule has 0 saturated heterocycles. The highest BCUT2D eigenvalue weighted by molar-refractivity contribution is 7.17. The molecule has 1 heterocycles. The lowest BCUT2D eigenvalue weighted by Crippen LogP contribution is -2.01. The first kappa shape index (κ1) is 8.69. The summed E-state index contributed by atoms with van der Waals surface area (Å²) in [7, 11) is 0. The number of hydrogen-bond acceptors (Lipinski definition) is 3. The van der Waals surface area contributed by atoms with Gasteiger partial charge in [0.25, 0.3) is 0 Å². The highest BCUT2D eigenvalue weighted by Crippen LogP contribution is 2.24. The maximum Gasteiger partial charge on any atom is 0.102 e. The highest BCUT2D eigenvalue weighted by Gasteiger charge is 2.06. The summed E-state index contributed by atoms with van der Waals surface area (Å²) >= 11 is 1.64. The molecule has 0 aliphatic carbocycles. The van der Waals surface area contributed by atoms with Crippen LogP contribution < -0.4 is 0 Å². The summed E-state index contributed by atoms with van der Waals surface area (Å²) in [5.74, 6) is 0. The van der Waals surface area contributed by atoms with Crippen LogP contribution in [0, 0.1) is 0 Å². The molecular weight excluding hydrogens is 184 g/mol. The smallest absolute Gasteiger partial charge is 0.102 e. The van der Waals surface area contributed by atoms with Crippen LogP contribution in [0.5, 0.6) is 0 Å². The number of thiophene rings is 1. The molecule has 0 aliphatic rings. The second-order valence-corrected chi connectivity index (χ2v) is 3.86. The van der Waals surface area contributed by atoms with E-state index in [9.17, 15) is 5.11 Å². The Morgan fingerprint density at radius 2 is 2.15 bits per heavy atom. The minimum atomic E-state index is -0.758. The van der Waals surface area contributed by atoms with E-state index in [-0.39, 0.29) is 6.61 Å². The number of fused-ring (bicyclic) bond motifs is 1. The molecule has 0 aliphatic heterocycles. The third-order valence-corrected chi connectivity index (χ3v) is 2.92. The molecule has 68 valence electrons. The standard InChI is InChI=1S/C10H10O2S/c11-6-9(12)8-2-1-7-3-4-13-10(7)5-8/h1-5,9,11-12H,6H2. The van der Waals surface area contributed by atoms with Gasteiger partial charge in [-0.05, 0) is 28.5 Å². The molecule has 1 atom stereocenters. The summed E-state index contributed by atoms with van der Waals surface area (Å²) < 4.78 is 1.14. The fraction of sp³-hybridized carbons (Fsp3) is 0.200. The summed E-state index contributed by atoms with van der Waals surface area (Å²) in [4.78, 5) is 0. The van der Waals surface area contributed by atoms with Crippen LogP contribution in [0.2, 0.25) is 0 Å². The van der Waals surface area contributed by atoms with Crippen molar-refractivity contribution in [3.05, 3.63) is 35.2 Å². The first-order valence-electron chi connectivity index (χ1n) is 4.07. The monoisotopic (exact) mass is 194 g/mol. The minimum absolute atomic E-state index is 0.225. The van der Waals surface area contributed by atoms with Gasteiger partial charge >= 0.3 is 0 Å². The maximum absolute atomic E-state index is 9.38. The Bertz CT molecular complexity index is 408. The molecule has 1 aromatic heterocycles. The number of aliphatic hydroxyl groups excluding tert-OH is 2. The van der Waals surface area contributed by atoms with Gasteiger partial charge < -0.3 is 10.2 Å². The molecule has 0 spiro atoms. The molecule has 2 aromatic rings. The zero-order chi connectivity index (χ0) is 9.26. The molecule has 1 aromatic carbocycles. The van der Waals surface area contributed by atoms with Gasteiger partial charge in [0, 0.05) is 4.70 Å². The van der Waals surface area contributed by atoms with Crippen molar-refractivity contribution >= 4 is 21.4 Å². The first-order chi connectivity index (χ1) is 6.31. The van der Waals surface area contributed by atoms with Crippen molar-refractivity contribution in [2.45, 2.75) is 6.10 Å². The van der Waals surface area contributed by atoms with E-state index in [1.807, 2.05) is 29.6 Å². The van der Waals surface area contributed by atoms with E-state index in [2.05, 4.69) is 0 Å². The van der Waals surface area contributed by atoms with Gasteiger partial charge in [-0.25, -0.2) is 0 Å². The van der Waals surface area contributed by atoms with E-state index in [0.29, 0.717) is 0 Å². The molecule has 1 unspecified atom stereocenters. The highest BCUT2D eigenvalue weighted by atomic mass is 32.1. The van der Waals surface area contributed by atoms with Crippen molar-refractivity contribution in [2.24, 2.45) is 0 Å². The molecule has 0 bridgehead atoms. The molecule has 0 saturated carbocycles. The topological polar surface area (TPSA) is 40.5 Å². The Labute approximate surface area is 80.1 Å². The van der Waals surface area contributed by atoms with Crippen molar-refractivity contribution in [3.8, 4) is 0 Å². The maximum atomic E-state index is 9.38. The van der Waals surface area contributed by atoms with Crippen molar-refractivity contribution in [2.75, 3.05) is 6.61 Å². The van der Waals surface area contributed by atoms with Crippen molar-refractivity contribution in [1.82, 2.24) is 0 Å². The Balaban J connectivity index is 2.48. The molecular formula is C10H10O2S. The molecule has 0 amide bonds. The summed E-state index contributed by atoms with van der Waals surface area (Å²) in [6, 6.07) is 7.76. The molecule has 2 rings (SSSR count). The lowest BCUT2D eigenvalue weighted by atomic mass is 10.1. The Morgan fingerprint density at radius 3 is 2.92 bits per heavy atom. The minimum Gasteiger partial charge on any atom is -0.393 e. The molecule has 2 N–H and O–H groups in total. The van der Waals surface area contributed by atoms with Crippen molar-refractivity contribution in [3.63, 3.8) is 0 Å². The fourth-order valence-corrected chi connectivity index (χ4v) is 2.12. The average Bonchev–Trinajstić information content (AvgIpc) is 2.63. The number of benzene rings is 1. The second kappa shape index (κ2) is 3.46. The van der Waals surface area contributed by atoms with E-state index < -0.39 is 6.10 Å². The van der Waals surface area contributed by atoms with Gasteiger partial charge in [0.1, 0.15) is 6.10 Å². The van der Waals surface area contributed by atoms with Gasteiger partial charge in [0.2, 0.25) is 0 Å². The lowest BCUT2D eigenvalue weighted by molar-refractivity contribution is 0.0957. The number of rotatable bonds is 2. The summed E-state index contributed by atoms with van der Waals surface area (Å²) in [5, 5.41) is 21.3. The Hall–Kier alpha value is -0.900. The number of hydrogen-bond donors (Lipinski definition) is 2. The van der Waals surface area contributed by atoms with E-state index in [1.165, 1.54) is 5.39 Å². The predicted octanol–water partition coefficient (Wildman–Crippen LogP) is 1.93. The summed E-state index contributed by atoms with van der Waals surface area (Å²) in [5.41, 5.74) is 0.775. The second-order valence-electron chi connectivity index (χ2n) is 2.92. The summed E-state index contributed by atoms with van der Waals surface area (Å²) in [6.07, 6.45) is -0.758. The van der Waals surface area contributed by atoms with Crippen LogP contribution in [-0.4, -0.2) is 16.8 Å². The van der Waals surface area contributed by atoms with Crippen LogP contribution in [0.4, 0.5) is 0 Å². The third-order valence-electron chi connectivity index (χ3n) is 2.04. The molecule has 13 heavy (non-hydrogen) atoms. The van der Waals surface area contributed by atoms with Gasteiger partial charge in [-0.1, -0.05) is 12.1 Å². The zero-order valence-corrected chi connectivity index (χ0v) is 7.79. The lowest BCUT2D eigenvalue weighted by Gasteiger charge is -2.06. The summed E-state index contributed by atoms with van der Waals surface area (Å²) in [6.45, 7) is -0.225. The molecule has 0 radical (unpaired) electrons. The van der Waals surface area contributed by atoms with Crippen LogP contribution in [0.3, 0.4) is 0 Å². The quantitative estimate of drug-likeness (QED) is 0.766. The van der Waals surface area contributed by atoms with Gasteiger partial charge in [-0.3, -0.25) is 0 Å². The van der Waals surface area contributed by atoms with Crippen LogP contribution in [0.1, 0.15) is 11.7 Å². The van der Waals surface area contributed by atoms with Gasteiger partial charge in [-0.2, -0.15) is 0 Å². The fourth-order valence-electron chi connectivity index (χ4n) is 1.28. The van der Waals surface area contributed by atoms with Gasteiger partial charge in [0.05, 0.1) is 6.61 Å². The average molecular weight is 194 g/mol.